The molecule has 1 aromatic rings. The second-order valence-electron chi connectivity index (χ2n) is 3.12. The van der Waals surface area contributed by atoms with Crippen LogP contribution in [0.3, 0.4) is 0 Å². The highest BCUT2D eigenvalue weighted by molar-refractivity contribution is 14.1. The highest BCUT2D eigenvalue weighted by atomic mass is 127. The summed E-state index contributed by atoms with van der Waals surface area (Å²) in [7, 11) is 1.36. The number of benzene rings is 1. The van der Waals surface area contributed by atoms with Crippen LogP contribution in [0.1, 0.15) is 6.92 Å². The first-order valence-electron chi connectivity index (χ1n) is 4.44. The number of methoxy groups -OCH3 is 1. The summed E-state index contributed by atoms with van der Waals surface area (Å²) < 4.78 is 5.66. The van der Waals surface area contributed by atoms with Gasteiger partial charge in [-0.2, -0.15) is 0 Å². The van der Waals surface area contributed by atoms with Gasteiger partial charge in [0.25, 0.3) is 0 Å². The van der Waals surface area contributed by atoms with Crippen molar-refractivity contribution in [1.29, 1.82) is 0 Å². The second-order valence-corrected chi connectivity index (χ2v) is 4.37. The number of ether oxygens (including phenoxy) is 1. The molecule has 0 amide bonds. The lowest BCUT2D eigenvalue weighted by atomic mass is 10.2. The van der Waals surface area contributed by atoms with Crippen molar-refractivity contribution in [1.82, 2.24) is 0 Å². The zero-order valence-corrected chi connectivity index (χ0v) is 10.7. The molecular weight excluding hydrogens is 307 g/mol. The summed E-state index contributed by atoms with van der Waals surface area (Å²) in [5, 5.41) is 2.99. The molecule has 1 aromatic carbocycles. The number of anilines is 2. The van der Waals surface area contributed by atoms with Crippen LogP contribution in [0.4, 0.5) is 11.4 Å². The molecule has 4 nitrogen and oxygen atoms in total. The summed E-state index contributed by atoms with van der Waals surface area (Å²) in [5.74, 6) is -0.312. The third kappa shape index (κ3) is 3.26. The van der Waals surface area contributed by atoms with Gasteiger partial charge in [-0.15, -0.1) is 0 Å². The Balaban J connectivity index is 2.76. The zero-order chi connectivity index (χ0) is 11.4. The predicted molar refractivity (Wildman–Crippen MR) is 68.7 cm³/mol. The minimum atomic E-state index is -0.405. The molecule has 3 N–H and O–H groups in total. The van der Waals surface area contributed by atoms with Gasteiger partial charge in [-0.05, 0) is 47.7 Å². The van der Waals surface area contributed by atoms with Crippen LogP contribution in [0.2, 0.25) is 0 Å². The summed E-state index contributed by atoms with van der Waals surface area (Å²) in [6.45, 7) is 1.73. The lowest BCUT2D eigenvalue weighted by molar-refractivity contribution is -0.141. The summed E-state index contributed by atoms with van der Waals surface area (Å²) in [6.07, 6.45) is 0. The molecule has 0 aliphatic rings. The number of nitrogen functional groups attached to an aromatic ring is 1. The maximum Gasteiger partial charge on any atom is 0.327 e. The predicted octanol–water partition coefficient (Wildman–Crippen LogP) is 1.85. The molecule has 0 aromatic heterocycles. The number of carbonyl (C=O) groups is 1. The molecule has 5 heteroatoms. The zero-order valence-electron chi connectivity index (χ0n) is 8.58. The average Bonchev–Trinajstić information content (AvgIpc) is 2.20. The number of hydrogen-bond donors (Lipinski definition) is 2. The van der Waals surface area contributed by atoms with Crippen LogP contribution in [-0.2, 0) is 9.53 Å². The summed E-state index contributed by atoms with van der Waals surface area (Å²) in [4.78, 5) is 11.2. The molecule has 0 spiro atoms. The van der Waals surface area contributed by atoms with E-state index < -0.39 is 6.04 Å². The van der Waals surface area contributed by atoms with E-state index in [0.717, 1.165) is 9.26 Å². The molecule has 0 fully saturated rings. The Labute approximate surface area is 102 Å². The van der Waals surface area contributed by atoms with Gasteiger partial charge < -0.3 is 15.8 Å². The highest BCUT2D eigenvalue weighted by Gasteiger charge is 2.13. The molecule has 82 valence electrons. The van der Waals surface area contributed by atoms with Crippen LogP contribution < -0.4 is 11.1 Å². The van der Waals surface area contributed by atoms with Crippen LogP contribution in [0.5, 0.6) is 0 Å². The lowest BCUT2D eigenvalue weighted by Crippen LogP contribution is -2.27. The number of esters is 1. The van der Waals surface area contributed by atoms with E-state index in [1.807, 2.05) is 18.2 Å². The Hall–Kier alpha value is -0.980. The number of halogens is 1. The Morgan fingerprint density at radius 3 is 2.80 bits per heavy atom. The molecular formula is C10H13IN2O2. The summed E-state index contributed by atoms with van der Waals surface area (Å²) in [6, 6.07) is 5.20. The quantitative estimate of drug-likeness (QED) is 0.507. The van der Waals surface area contributed by atoms with Crippen LogP contribution >= 0.6 is 22.6 Å². The van der Waals surface area contributed by atoms with E-state index in [1.54, 1.807) is 6.92 Å². The molecule has 0 aliphatic carbocycles. The first kappa shape index (κ1) is 12.1. The molecule has 0 saturated heterocycles. The van der Waals surface area contributed by atoms with E-state index in [0.29, 0.717) is 5.69 Å². The van der Waals surface area contributed by atoms with Crippen LogP contribution in [0.25, 0.3) is 0 Å². The molecule has 0 aliphatic heterocycles. The third-order valence-corrected chi connectivity index (χ3v) is 2.61. The SMILES string of the molecule is COC(=O)C(C)Nc1ccc(I)cc1N. The molecule has 15 heavy (non-hydrogen) atoms. The molecule has 0 bridgehead atoms. The van der Waals surface area contributed by atoms with Crippen molar-refractivity contribution < 1.29 is 9.53 Å². The van der Waals surface area contributed by atoms with E-state index >= 15 is 0 Å². The second kappa shape index (κ2) is 5.20. The van der Waals surface area contributed by atoms with Crippen molar-refractivity contribution >= 4 is 39.9 Å². The van der Waals surface area contributed by atoms with E-state index in [9.17, 15) is 4.79 Å². The van der Waals surface area contributed by atoms with Gasteiger partial charge >= 0.3 is 5.97 Å². The van der Waals surface area contributed by atoms with Crippen LogP contribution in [-0.4, -0.2) is 19.1 Å². The monoisotopic (exact) mass is 320 g/mol. The number of rotatable bonds is 3. The fourth-order valence-electron chi connectivity index (χ4n) is 1.13. The molecule has 1 rings (SSSR count). The first-order valence-corrected chi connectivity index (χ1v) is 5.52. The molecule has 0 saturated carbocycles. The molecule has 0 heterocycles. The van der Waals surface area contributed by atoms with Crippen LogP contribution in [0.15, 0.2) is 18.2 Å². The van der Waals surface area contributed by atoms with Gasteiger partial charge in [-0.1, -0.05) is 0 Å². The average molecular weight is 320 g/mol. The smallest absolute Gasteiger partial charge is 0.327 e. The maximum atomic E-state index is 11.2. The number of hydrogen-bond acceptors (Lipinski definition) is 4. The van der Waals surface area contributed by atoms with E-state index in [4.69, 9.17) is 5.73 Å². The Kier molecular flexibility index (Phi) is 4.19. The number of nitrogens with one attached hydrogen (secondary N) is 1. The van der Waals surface area contributed by atoms with Gasteiger partial charge in [-0.25, -0.2) is 4.79 Å². The third-order valence-electron chi connectivity index (χ3n) is 1.94. The Bertz CT molecular complexity index is 368. The van der Waals surface area contributed by atoms with E-state index in [2.05, 4.69) is 32.6 Å². The lowest BCUT2D eigenvalue weighted by Gasteiger charge is -2.14. The van der Waals surface area contributed by atoms with Crippen molar-refractivity contribution in [3.05, 3.63) is 21.8 Å². The maximum absolute atomic E-state index is 11.2. The summed E-state index contributed by atoms with van der Waals surface area (Å²) >= 11 is 2.18. The largest absolute Gasteiger partial charge is 0.467 e. The van der Waals surface area contributed by atoms with Crippen molar-refractivity contribution in [2.24, 2.45) is 0 Å². The van der Waals surface area contributed by atoms with Crippen molar-refractivity contribution in [2.75, 3.05) is 18.2 Å². The van der Waals surface area contributed by atoms with Crippen molar-refractivity contribution in [2.45, 2.75) is 13.0 Å². The van der Waals surface area contributed by atoms with Gasteiger partial charge in [0, 0.05) is 3.57 Å². The highest BCUT2D eigenvalue weighted by Crippen LogP contribution is 2.21. The summed E-state index contributed by atoms with van der Waals surface area (Å²) in [5.41, 5.74) is 7.16. The fourth-order valence-corrected chi connectivity index (χ4v) is 1.65. The van der Waals surface area contributed by atoms with Gasteiger partial charge in [-0.3, -0.25) is 0 Å². The topological polar surface area (TPSA) is 64.3 Å². The fraction of sp³-hybridized carbons (Fsp3) is 0.300. The molecule has 0 radical (unpaired) electrons. The molecule has 1 unspecified atom stereocenters. The van der Waals surface area contributed by atoms with Gasteiger partial charge in [0.15, 0.2) is 0 Å². The van der Waals surface area contributed by atoms with Crippen molar-refractivity contribution in [3.8, 4) is 0 Å². The van der Waals surface area contributed by atoms with Gasteiger partial charge in [0.2, 0.25) is 0 Å². The molecule has 1 atom stereocenters. The van der Waals surface area contributed by atoms with Gasteiger partial charge in [0.1, 0.15) is 6.04 Å². The van der Waals surface area contributed by atoms with Crippen molar-refractivity contribution in [3.63, 3.8) is 0 Å². The Morgan fingerprint density at radius 2 is 2.27 bits per heavy atom. The van der Waals surface area contributed by atoms with Gasteiger partial charge in [0.05, 0.1) is 18.5 Å². The Morgan fingerprint density at radius 1 is 1.60 bits per heavy atom. The normalized spacial score (nSPS) is 11.9. The first-order chi connectivity index (χ1) is 7.04. The van der Waals surface area contributed by atoms with Crippen LogP contribution in [0, 0.1) is 3.57 Å². The minimum absolute atomic E-state index is 0.312. The standard InChI is InChI=1S/C10H13IN2O2/c1-6(10(14)15-2)13-9-4-3-7(11)5-8(9)12/h3-6,13H,12H2,1-2H3. The number of nitrogens with two attached hydrogens (primary N) is 1. The minimum Gasteiger partial charge on any atom is -0.467 e. The number of carbonyl (C=O) groups excluding carboxylic acids is 1. The van der Waals surface area contributed by atoms with E-state index in [-0.39, 0.29) is 5.97 Å². The van der Waals surface area contributed by atoms with E-state index in [1.165, 1.54) is 7.11 Å².